The summed E-state index contributed by atoms with van der Waals surface area (Å²) in [5, 5.41) is 2.86. The Hall–Kier alpha value is -3.17. The number of anilines is 1. The highest BCUT2D eigenvalue weighted by Crippen LogP contribution is 2.37. The summed E-state index contributed by atoms with van der Waals surface area (Å²) in [7, 11) is 0. The lowest BCUT2D eigenvalue weighted by Gasteiger charge is -2.29. The van der Waals surface area contributed by atoms with E-state index in [1.54, 1.807) is 30.3 Å². The second-order valence-corrected chi connectivity index (χ2v) is 10.5. The molecule has 0 saturated carbocycles. The van der Waals surface area contributed by atoms with Gasteiger partial charge in [0.25, 0.3) is 11.8 Å². The third-order valence-electron chi connectivity index (χ3n) is 5.70. The average Bonchev–Trinajstić information content (AvgIpc) is 2.90. The van der Waals surface area contributed by atoms with Crippen molar-refractivity contribution in [3.05, 3.63) is 104 Å². The Balaban J connectivity index is 1.73. The lowest BCUT2D eigenvalue weighted by molar-refractivity contribution is -0.122. The van der Waals surface area contributed by atoms with Gasteiger partial charge in [0.15, 0.2) is 16.6 Å². The van der Waals surface area contributed by atoms with E-state index in [9.17, 15) is 9.59 Å². The molecule has 1 aliphatic heterocycles. The van der Waals surface area contributed by atoms with Crippen LogP contribution in [0.25, 0.3) is 6.08 Å². The van der Waals surface area contributed by atoms with E-state index >= 15 is 0 Å². The topological polar surface area (TPSA) is 67.9 Å². The summed E-state index contributed by atoms with van der Waals surface area (Å²) in [5.74, 6) is -0.214. The maximum atomic E-state index is 13.5. The number of rotatable bonds is 9. The van der Waals surface area contributed by atoms with Gasteiger partial charge in [0, 0.05) is 10.0 Å². The van der Waals surface area contributed by atoms with Crippen molar-refractivity contribution in [2.45, 2.75) is 20.0 Å². The zero-order valence-electron chi connectivity index (χ0n) is 20.8. The number of carbonyl (C=O) groups is 2. The normalized spacial score (nSPS) is 14.4. The predicted molar refractivity (Wildman–Crippen MR) is 163 cm³/mol. The van der Waals surface area contributed by atoms with Crippen LogP contribution in [-0.4, -0.2) is 23.5 Å². The molecule has 6 nitrogen and oxygen atoms in total. The molecule has 1 aliphatic rings. The lowest BCUT2D eigenvalue weighted by Crippen LogP contribution is -2.54. The summed E-state index contributed by atoms with van der Waals surface area (Å²) >= 11 is 21.2. The standard InChI is InChI=1S/C29H23BrCl2N2O4S/c1-3-6-19-13-18(15-24(37-4-2)26(19)38-16-17-9-11-20(30)12-10-17)14-21-27(35)33-29(39)34(28(21)36)23-8-5-7-22(31)25(23)32/h3,5,7-15H,1,4,6,16H2,2H3,(H,33,35,39)/b21-14+. The van der Waals surface area contributed by atoms with E-state index in [0.29, 0.717) is 36.7 Å². The molecule has 0 bridgehead atoms. The molecule has 200 valence electrons. The van der Waals surface area contributed by atoms with Crippen molar-refractivity contribution in [2.75, 3.05) is 11.5 Å². The molecule has 3 aromatic rings. The number of nitrogens with one attached hydrogen (secondary N) is 1. The maximum absolute atomic E-state index is 13.5. The van der Waals surface area contributed by atoms with Gasteiger partial charge in [-0.3, -0.25) is 19.8 Å². The minimum absolute atomic E-state index is 0.0923. The van der Waals surface area contributed by atoms with Crippen LogP contribution in [0, 0.1) is 0 Å². The van der Waals surface area contributed by atoms with Crippen LogP contribution in [0.4, 0.5) is 5.69 Å². The van der Waals surface area contributed by atoms with Gasteiger partial charge in [-0.15, -0.1) is 6.58 Å². The van der Waals surface area contributed by atoms with Gasteiger partial charge in [0.2, 0.25) is 0 Å². The molecule has 1 heterocycles. The SMILES string of the molecule is C=CCc1cc(/C=C2\C(=O)NC(=S)N(c3cccc(Cl)c3Cl)C2=O)cc(OCC)c1OCc1ccc(Br)cc1. The third-order valence-corrected chi connectivity index (χ3v) is 7.32. The van der Waals surface area contributed by atoms with E-state index < -0.39 is 11.8 Å². The first-order chi connectivity index (χ1) is 18.7. The Morgan fingerprint density at radius 2 is 1.85 bits per heavy atom. The van der Waals surface area contributed by atoms with Crippen LogP contribution in [-0.2, 0) is 22.6 Å². The molecule has 0 aliphatic carbocycles. The minimum atomic E-state index is -0.633. The Labute approximate surface area is 250 Å². The van der Waals surface area contributed by atoms with Gasteiger partial charge >= 0.3 is 0 Å². The zero-order chi connectivity index (χ0) is 28.1. The molecule has 0 unspecified atom stereocenters. The van der Waals surface area contributed by atoms with Crippen molar-refractivity contribution >= 4 is 80.0 Å². The predicted octanol–water partition coefficient (Wildman–Crippen LogP) is 7.29. The smallest absolute Gasteiger partial charge is 0.270 e. The van der Waals surface area contributed by atoms with Gasteiger partial charge in [0.1, 0.15) is 12.2 Å². The van der Waals surface area contributed by atoms with Crippen LogP contribution in [0.5, 0.6) is 11.5 Å². The number of thiocarbonyl (C=S) groups is 1. The maximum Gasteiger partial charge on any atom is 0.270 e. The van der Waals surface area contributed by atoms with E-state index in [-0.39, 0.29) is 26.4 Å². The van der Waals surface area contributed by atoms with Gasteiger partial charge in [-0.25, -0.2) is 0 Å². The molecular weight excluding hydrogens is 623 g/mol. The first kappa shape index (κ1) is 28.8. The summed E-state index contributed by atoms with van der Waals surface area (Å²) in [6.07, 6.45) is 3.70. The van der Waals surface area contributed by atoms with Gasteiger partial charge in [0.05, 0.1) is 22.3 Å². The number of ether oxygens (including phenoxy) is 2. The Bertz CT molecular complexity index is 1490. The highest BCUT2D eigenvalue weighted by atomic mass is 79.9. The van der Waals surface area contributed by atoms with Gasteiger partial charge in [-0.2, -0.15) is 0 Å². The average molecular weight is 646 g/mol. The van der Waals surface area contributed by atoms with E-state index in [1.165, 1.54) is 6.08 Å². The Kier molecular flexibility index (Phi) is 9.45. The summed E-state index contributed by atoms with van der Waals surface area (Å²) in [6, 6.07) is 16.2. The Morgan fingerprint density at radius 3 is 2.54 bits per heavy atom. The molecule has 2 amide bonds. The fourth-order valence-electron chi connectivity index (χ4n) is 3.94. The van der Waals surface area contributed by atoms with Gasteiger partial charge in [-0.1, -0.05) is 63.4 Å². The van der Waals surface area contributed by atoms with Gasteiger partial charge in [-0.05, 0) is 79.2 Å². The molecule has 10 heteroatoms. The Morgan fingerprint density at radius 1 is 1.10 bits per heavy atom. The zero-order valence-corrected chi connectivity index (χ0v) is 24.7. The van der Waals surface area contributed by atoms with Crippen molar-refractivity contribution in [3.63, 3.8) is 0 Å². The monoisotopic (exact) mass is 644 g/mol. The molecule has 1 saturated heterocycles. The van der Waals surface area contributed by atoms with Crippen LogP contribution in [0.2, 0.25) is 10.0 Å². The number of halogens is 3. The van der Waals surface area contributed by atoms with Crippen LogP contribution in [0.15, 0.2) is 77.3 Å². The first-order valence-electron chi connectivity index (χ1n) is 11.9. The minimum Gasteiger partial charge on any atom is -0.490 e. The fourth-order valence-corrected chi connectivity index (χ4v) is 4.86. The number of allylic oxidation sites excluding steroid dienone is 1. The van der Waals surface area contributed by atoms with Crippen molar-refractivity contribution < 1.29 is 19.1 Å². The second kappa shape index (κ2) is 12.8. The van der Waals surface area contributed by atoms with Crippen molar-refractivity contribution in [3.8, 4) is 11.5 Å². The van der Waals surface area contributed by atoms with E-state index in [1.807, 2.05) is 37.3 Å². The third kappa shape index (κ3) is 6.53. The summed E-state index contributed by atoms with van der Waals surface area (Å²) in [5.41, 5.74) is 2.47. The molecular formula is C29H23BrCl2N2O4S. The van der Waals surface area contributed by atoms with Crippen LogP contribution in [0.1, 0.15) is 23.6 Å². The highest BCUT2D eigenvalue weighted by Gasteiger charge is 2.35. The summed E-state index contributed by atoms with van der Waals surface area (Å²) in [6.45, 7) is 6.43. The molecule has 39 heavy (non-hydrogen) atoms. The lowest BCUT2D eigenvalue weighted by atomic mass is 10.0. The first-order valence-corrected chi connectivity index (χ1v) is 13.8. The molecule has 0 radical (unpaired) electrons. The van der Waals surface area contributed by atoms with Crippen LogP contribution in [0.3, 0.4) is 0 Å². The molecule has 0 spiro atoms. The summed E-state index contributed by atoms with van der Waals surface area (Å²) in [4.78, 5) is 27.5. The number of hydrogen-bond donors (Lipinski definition) is 1. The molecule has 3 aromatic carbocycles. The quantitative estimate of drug-likeness (QED) is 0.115. The van der Waals surface area contributed by atoms with E-state index in [2.05, 4.69) is 27.8 Å². The highest BCUT2D eigenvalue weighted by molar-refractivity contribution is 9.10. The molecule has 0 atom stereocenters. The van der Waals surface area contributed by atoms with Crippen molar-refractivity contribution in [1.29, 1.82) is 0 Å². The fraction of sp³-hybridized carbons (Fsp3) is 0.138. The van der Waals surface area contributed by atoms with E-state index in [4.69, 9.17) is 44.9 Å². The van der Waals surface area contributed by atoms with E-state index in [0.717, 1.165) is 20.5 Å². The van der Waals surface area contributed by atoms with Crippen LogP contribution >= 0.6 is 51.3 Å². The van der Waals surface area contributed by atoms with Crippen molar-refractivity contribution in [2.24, 2.45) is 0 Å². The molecule has 0 aromatic heterocycles. The number of amides is 2. The van der Waals surface area contributed by atoms with Crippen LogP contribution < -0.4 is 19.7 Å². The molecule has 1 fully saturated rings. The number of benzene rings is 3. The second-order valence-electron chi connectivity index (χ2n) is 8.38. The largest absolute Gasteiger partial charge is 0.490 e. The number of nitrogens with zero attached hydrogens (tertiary/aromatic N) is 1. The summed E-state index contributed by atoms with van der Waals surface area (Å²) < 4.78 is 13.1. The molecule has 1 N–H and O–H groups in total. The van der Waals surface area contributed by atoms with Gasteiger partial charge < -0.3 is 9.47 Å². The number of carbonyl (C=O) groups excluding carboxylic acids is 2. The number of hydrogen-bond acceptors (Lipinski definition) is 5. The molecule has 4 rings (SSSR count). The van der Waals surface area contributed by atoms with Crippen molar-refractivity contribution in [1.82, 2.24) is 5.32 Å².